The minimum absolute atomic E-state index is 0.259. The van der Waals surface area contributed by atoms with Gasteiger partial charge in [0.25, 0.3) is 0 Å². The number of nitrogens with one attached hydrogen (secondary N) is 1. The molecular formula is C19H17N5O. The summed E-state index contributed by atoms with van der Waals surface area (Å²) in [5.41, 5.74) is 10.4. The lowest BCUT2D eigenvalue weighted by Gasteiger charge is -2.04. The monoisotopic (exact) mass is 331 g/mol. The van der Waals surface area contributed by atoms with Crippen molar-refractivity contribution in [2.75, 3.05) is 5.73 Å². The largest absolute Gasteiger partial charge is 0.486 e. The van der Waals surface area contributed by atoms with Crippen molar-refractivity contribution in [3.05, 3.63) is 66.1 Å². The summed E-state index contributed by atoms with van der Waals surface area (Å²) in [5, 5.41) is 0. The highest BCUT2D eigenvalue weighted by Gasteiger charge is 2.07. The van der Waals surface area contributed by atoms with E-state index in [0.29, 0.717) is 6.61 Å². The number of ether oxygens (including phenoxy) is 1. The molecule has 4 rings (SSSR count). The normalized spacial score (nSPS) is 10.9. The van der Waals surface area contributed by atoms with Crippen LogP contribution in [0.2, 0.25) is 0 Å². The summed E-state index contributed by atoms with van der Waals surface area (Å²) in [6.45, 7) is 2.42. The molecule has 124 valence electrons. The van der Waals surface area contributed by atoms with Crippen LogP contribution >= 0.6 is 0 Å². The third kappa shape index (κ3) is 3.28. The number of nitrogen functional groups attached to an aromatic ring is 1. The number of imidazole rings is 1. The Labute approximate surface area is 144 Å². The van der Waals surface area contributed by atoms with Gasteiger partial charge in [0.1, 0.15) is 18.2 Å². The van der Waals surface area contributed by atoms with Crippen molar-refractivity contribution < 1.29 is 4.74 Å². The molecule has 0 amide bonds. The number of H-pyrrole nitrogens is 1. The highest BCUT2D eigenvalue weighted by Crippen LogP contribution is 2.22. The Morgan fingerprint density at radius 1 is 1.08 bits per heavy atom. The number of aryl methyl sites for hydroxylation is 1. The lowest BCUT2D eigenvalue weighted by atomic mass is 10.1. The van der Waals surface area contributed by atoms with Gasteiger partial charge in [0, 0.05) is 11.8 Å². The summed E-state index contributed by atoms with van der Waals surface area (Å²) in [7, 11) is 0. The zero-order chi connectivity index (χ0) is 17.2. The Morgan fingerprint density at radius 3 is 2.84 bits per heavy atom. The SMILES string of the molecule is Cc1cccc(OCc2nc3ccc(-c4ccnc(N)n4)cc3[nH]2)c1. The summed E-state index contributed by atoms with van der Waals surface area (Å²) in [6.07, 6.45) is 1.65. The van der Waals surface area contributed by atoms with Gasteiger partial charge in [-0.15, -0.1) is 0 Å². The number of nitrogens with zero attached hydrogens (tertiary/aromatic N) is 3. The van der Waals surface area contributed by atoms with Gasteiger partial charge in [-0.05, 0) is 42.8 Å². The van der Waals surface area contributed by atoms with Gasteiger partial charge in [-0.25, -0.2) is 15.0 Å². The van der Waals surface area contributed by atoms with Gasteiger partial charge in [0.15, 0.2) is 0 Å². The lowest BCUT2D eigenvalue weighted by Crippen LogP contribution is -1.97. The Balaban J connectivity index is 1.58. The second kappa shape index (κ2) is 6.24. The number of rotatable bonds is 4. The number of aromatic nitrogens is 4. The average molecular weight is 331 g/mol. The van der Waals surface area contributed by atoms with Crippen LogP contribution in [0.4, 0.5) is 5.95 Å². The van der Waals surface area contributed by atoms with E-state index in [1.165, 1.54) is 0 Å². The summed E-state index contributed by atoms with van der Waals surface area (Å²) in [4.78, 5) is 16.0. The molecule has 0 spiro atoms. The van der Waals surface area contributed by atoms with E-state index in [-0.39, 0.29) is 5.95 Å². The van der Waals surface area contributed by atoms with Crippen molar-refractivity contribution in [1.82, 2.24) is 19.9 Å². The molecule has 0 saturated heterocycles. The summed E-state index contributed by atoms with van der Waals surface area (Å²) in [5.74, 6) is 1.86. The van der Waals surface area contributed by atoms with Crippen molar-refractivity contribution in [3.8, 4) is 17.0 Å². The molecule has 0 saturated carbocycles. The van der Waals surface area contributed by atoms with Crippen LogP contribution in [0.5, 0.6) is 5.75 Å². The van der Waals surface area contributed by atoms with Crippen molar-refractivity contribution in [1.29, 1.82) is 0 Å². The molecule has 3 N–H and O–H groups in total. The van der Waals surface area contributed by atoms with Crippen LogP contribution in [-0.2, 0) is 6.61 Å². The zero-order valence-corrected chi connectivity index (χ0v) is 13.7. The van der Waals surface area contributed by atoms with E-state index < -0.39 is 0 Å². The Bertz CT molecular complexity index is 1040. The molecule has 6 heteroatoms. The van der Waals surface area contributed by atoms with Crippen LogP contribution in [0.25, 0.3) is 22.3 Å². The molecule has 0 atom stereocenters. The molecule has 0 aliphatic rings. The number of hydrogen-bond donors (Lipinski definition) is 2. The van der Waals surface area contributed by atoms with E-state index >= 15 is 0 Å². The molecule has 25 heavy (non-hydrogen) atoms. The number of anilines is 1. The highest BCUT2D eigenvalue weighted by atomic mass is 16.5. The van der Waals surface area contributed by atoms with Crippen molar-refractivity contribution >= 4 is 17.0 Å². The fourth-order valence-electron chi connectivity index (χ4n) is 2.68. The smallest absolute Gasteiger partial charge is 0.220 e. The Kier molecular flexibility index (Phi) is 3.78. The van der Waals surface area contributed by atoms with Gasteiger partial charge in [-0.1, -0.05) is 18.2 Å². The molecular weight excluding hydrogens is 314 g/mol. The van der Waals surface area contributed by atoms with Crippen LogP contribution < -0.4 is 10.5 Å². The minimum Gasteiger partial charge on any atom is -0.486 e. The van der Waals surface area contributed by atoms with E-state index in [0.717, 1.165) is 39.4 Å². The van der Waals surface area contributed by atoms with Crippen LogP contribution in [0.15, 0.2) is 54.7 Å². The van der Waals surface area contributed by atoms with E-state index in [9.17, 15) is 0 Å². The zero-order valence-electron chi connectivity index (χ0n) is 13.7. The fourth-order valence-corrected chi connectivity index (χ4v) is 2.68. The first kappa shape index (κ1) is 15.1. The fraction of sp³-hybridized carbons (Fsp3) is 0.105. The van der Waals surface area contributed by atoms with E-state index in [1.807, 2.05) is 55.5 Å². The third-order valence-corrected chi connectivity index (χ3v) is 3.87. The molecule has 4 aromatic rings. The predicted molar refractivity (Wildman–Crippen MR) is 97.0 cm³/mol. The van der Waals surface area contributed by atoms with E-state index in [4.69, 9.17) is 10.5 Å². The van der Waals surface area contributed by atoms with E-state index in [1.54, 1.807) is 6.20 Å². The molecule has 6 nitrogen and oxygen atoms in total. The first-order valence-corrected chi connectivity index (χ1v) is 7.94. The number of fused-ring (bicyclic) bond motifs is 1. The predicted octanol–water partition coefficient (Wildman–Crippen LogP) is 3.49. The van der Waals surface area contributed by atoms with Crippen LogP contribution in [0, 0.1) is 6.92 Å². The molecule has 0 unspecified atom stereocenters. The lowest BCUT2D eigenvalue weighted by molar-refractivity contribution is 0.297. The topological polar surface area (TPSA) is 89.7 Å². The van der Waals surface area contributed by atoms with Crippen LogP contribution in [-0.4, -0.2) is 19.9 Å². The van der Waals surface area contributed by atoms with Gasteiger partial charge in [0.05, 0.1) is 16.7 Å². The summed E-state index contributed by atoms with van der Waals surface area (Å²) in [6, 6.07) is 15.7. The molecule has 0 aliphatic heterocycles. The molecule has 0 radical (unpaired) electrons. The number of hydrogen-bond acceptors (Lipinski definition) is 5. The molecule has 0 fully saturated rings. The van der Waals surface area contributed by atoms with Gasteiger partial charge in [-0.2, -0.15) is 0 Å². The highest BCUT2D eigenvalue weighted by molar-refractivity contribution is 5.81. The second-order valence-corrected chi connectivity index (χ2v) is 5.82. The third-order valence-electron chi connectivity index (χ3n) is 3.87. The van der Waals surface area contributed by atoms with Crippen molar-refractivity contribution in [2.45, 2.75) is 13.5 Å². The van der Waals surface area contributed by atoms with Crippen LogP contribution in [0.1, 0.15) is 11.4 Å². The molecule has 0 bridgehead atoms. The van der Waals surface area contributed by atoms with Crippen molar-refractivity contribution in [3.63, 3.8) is 0 Å². The standard InChI is InChI=1S/C19H17N5O/c1-12-3-2-4-14(9-12)25-11-18-22-16-6-5-13(10-17(16)23-18)15-7-8-21-19(20)24-15/h2-10H,11H2,1H3,(H,22,23)(H2,20,21,24). The first-order chi connectivity index (χ1) is 12.2. The number of aromatic amines is 1. The number of benzene rings is 2. The quantitative estimate of drug-likeness (QED) is 0.597. The molecule has 0 aliphatic carbocycles. The number of nitrogens with two attached hydrogens (primary N) is 1. The maximum Gasteiger partial charge on any atom is 0.220 e. The molecule has 2 aromatic heterocycles. The maximum absolute atomic E-state index is 5.80. The maximum atomic E-state index is 5.80. The van der Waals surface area contributed by atoms with Gasteiger partial charge >= 0.3 is 0 Å². The summed E-state index contributed by atoms with van der Waals surface area (Å²) < 4.78 is 5.80. The van der Waals surface area contributed by atoms with E-state index in [2.05, 4.69) is 19.9 Å². The van der Waals surface area contributed by atoms with Crippen LogP contribution in [0.3, 0.4) is 0 Å². The van der Waals surface area contributed by atoms with Gasteiger partial charge < -0.3 is 15.5 Å². The Hall–Kier alpha value is -3.41. The van der Waals surface area contributed by atoms with Crippen molar-refractivity contribution in [2.24, 2.45) is 0 Å². The Morgan fingerprint density at radius 2 is 2.00 bits per heavy atom. The average Bonchev–Trinajstić information content (AvgIpc) is 3.02. The second-order valence-electron chi connectivity index (χ2n) is 5.82. The minimum atomic E-state index is 0.259. The molecule has 2 aromatic carbocycles. The molecule has 2 heterocycles. The first-order valence-electron chi connectivity index (χ1n) is 7.94. The van der Waals surface area contributed by atoms with Gasteiger partial charge in [-0.3, -0.25) is 0 Å². The summed E-state index contributed by atoms with van der Waals surface area (Å²) >= 11 is 0. The van der Waals surface area contributed by atoms with Gasteiger partial charge in [0.2, 0.25) is 5.95 Å².